The van der Waals surface area contributed by atoms with Crippen LogP contribution in [-0.4, -0.2) is 27.5 Å². The monoisotopic (exact) mass is 306 g/mol. The first-order valence-electron chi connectivity index (χ1n) is 7.52. The minimum Gasteiger partial charge on any atom is -0.289 e. The topological polar surface area (TPSA) is 43.1 Å². The highest BCUT2D eigenvalue weighted by Crippen LogP contribution is 2.34. The third kappa shape index (κ3) is 2.44. The zero-order valence-electron chi connectivity index (χ0n) is 12.7. The molecule has 0 N–H and O–H groups in total. The number of aryl methyl sites for hydroxylation is 1. The van der Waals surface area contributed by atoms with Crippen molar-refractivity contribution in [1.29, 1.82) is 0 Å². The molecule has 0 amide bonds. The minimum atomic E-state index is -0.249. The Balaban J connectivity index is 1.97. The van der Waals surface area contributed by atoms with Crippen molar-refractivity contribution in [3.63, 3.8) is 0 Å². The predicted molar refractivity (Wildman–Crippen MR) is 88.1 cm³/mol. The molecule has 114 valence electrons. The van der Waals surface area contributed by atoms with Gasteiger partial charge in [-0.05, 0) is 48.9 Å². The molecule has 0 spiro atoms. The molecule has 0 saturated carbocycles. The number of nitrogens with zero attached hydrogens (tertiary/aromatic N) is 4. The Kier molecular flexibility index (Phi) is 3.26. The Bertz CT molecular complexity index is 894. The van der Waals surface area contributed by atoms with Gasteiger partial charge in [0.1, 0.15) is 11.5 Å². The number of hydrogen-bond donors (Lipinski definition) is 0. The first-order chi connectivity index (χ1) is 11.2. The second-order valence-electron chi connectivity index (χ2n) is 5.56. The lowest BCUT2D eigenvalue weighted by molar-refractivity contribution is 0.612. The van der Waals surface area contributed by atoms with Crippen LogP contribution in [0.1, 0.15) is 11.4 Å². The normalized spacial score (nSPS) is 13.1. The van der Waals surface area contributed by atoms with E-state index in [4.69, 9.17) is 5.10 Å². The van der Waals surface area contributed by atoms with Crippen LogP contribution >= 0.6 is 0 Å². The van der Waals surface area contributed by atoms with Gasteiger partial charge in [-0.3, -0.25) is 14.7 Å². The maximum absolute atomic E-state index is 13.3. The van der Waals surface area contributed by atoms with Gasteiger partial charge in [0.2, 0.25) is 0 Å². The van der Waals surface area contributed by atoms with Gasteiger partial charge in [0.25, 0.3) is 0 Å². The third-order valence-electron chi connectivity index (χ3n) is 3.95. The van der Waals surface area contributed by atoms with Crippen LogP contribution < -0.4 is 0 Å². The van der Waals surface area contributed by atoms with Gasteiger partial charge in [0.05, 0.1) is 18.8 Å². The van der Waals surface area contributed by atoms with Crippen LogP contribution in [0.2, 0.25) is 0 Å². The molecule has 23 heavy (non-hydrogen) atoms. The number of hydrogen-bond acceptors (Lipinski definition) is 3. The first kappa shape index (κ1) is 13.8. The molecule has 4 nitrogen and oxygen atoms in total. The Morgan fingerprint density at radius 1 is 1.09 bits per heavy atom. The van der Waals surface area contributed by atoms with Crippen molar-refractivity contribution in [2.24, 2.45) is 4.99 Å². The van der Waals surface area contributed by atoms with Gasteiger partial charge in [-0.1, -0.05) is 0 Å². The number of halogens is 1. The smallest absolute Gasteiger partial charge is 0.123 e. The Hall–Kier alpha value is -2.82. The molecule has 4 rings (SSSR count). The van der Waals surface area contributed by atoms with Crippen LogP contribution in [0, 0.1) is 12.7 Å². The van der Waals surface area contributed by atoms with Gasteiger partial charge in [0, 0.05) is 29.2 Å². The molecule has 0 unspecified atom stereocenters. The fourth-order valence-corrected chi connectivity index (χ4v) is 2.88. The largest absolute Gasteiger partial charge is 0.289 e. The zero-order valence-corrected chi connectivity index (χ0v) is 12.7. The van der Waals surface area contributed by atoms with Gasteiger partial charge < -0.3 is 0 Å². The summed E-state index contributed by atoms with van der Waals surface area (Å²) in [7, 11) is 0. The molecule has 3 aromatic rings. The zero-order chi connectivity index (χ0) is 15.8. The van der Waals surface area contributed by atoms with E-state index in [9.17, 15) is 4.39 Å². The number of rotatable bonds is 2. The van der Waals surface area contributed by atoms with Gasteiger partial charge >= 0.3 is 0 Å². The number of aromatic nitrogens is 3. The van der Waals surface area contributed by atoms with Crippen molar-refractivity contribution >= 4 is 6.21 Å². The molecule has 1 aliphatic rings. The lowest BCUT2D eigenvalue weighted by atomic mass is 9.99. The summed E-state index contributed by atoms with van der Waals surface area (Å²) in [6.45, 7) is 3.45. The highest BCUT2D eigenvalue weighted by Gasteiger charge is 2.21. The van der Waals surface area contributed by atoms with E-state index in [0.29, 0.717) is 0 Å². The fraction of sp³-hybridized carbons (Fsp3) is 0.167. The maximum Gasteiger partial charge on any atom is 0.123 e. The lowest BCUT2D eigenvalue weighted by Crippen LogP contribution is -2.12. The van der Waals surface area contributed by atoms with Crippen LogP contribution in [0.4, 0.5) is 4.39 Å². The van der Waals surface area contributed by atoms with Crippen LogP contribution in [0.15, 0.2) is 47.6 Å². The van der Waals surface area contributed by atoms with Crippen molar-refractivity contribution < 1.29 is 4.39 Å². The van der Waals surface area contributed by atoms with Crippen LogP contribution in [0.5, 0.6) is 0 Å². The standard InChI is InChI=1S/C18H15FN4/c1-12-10-14(6-7-21-12)17-16-11-20-8-9-23(16)22-18(17)13-2-4-15(19)5-3-13/h2-7,10-11H,8-9H2,1H3. The molecule has 1 aromatic carbocycles. The second kappa shape index (κ2) is 5.43. The average Bonchev–Trinajstić information content (AvgIpc) is 2.95. The van der Waals surface area contributed by atoms with Gasteiger partial charge in [-0.2, -0.15) is 5.10 Å². The van der Waals surface area contributed by atoms with E-state index in [1.165, 1.54) is 12.1 Å². The summed E-state index contributed by atoms with van der Waals surface area (Å²) < 4.78 is 15.2. The fourth-order valence-electron chi connectivity index (χ4n) is 2.88. The second-order valence-corrected chi connectivity index (χ2v) is 5.56. The van der Waals surface area contributed by atoms with Crippen molar-refractivity contribution in [1.82, 2.24) is 14.8 Å². The summed E-state index contributed by atoms with van der Waals surface area (Å²) >= 11 is 0. The van der Waals surface area contributed by atoms with Crippen LogP contribution in [0.3, 0.4) is 0 Å². The summed E-state index contributed by atoms with van der Waals surface area (Å²) in [6.07, 6.45) is 3.66. The van der Waals surface area contributed by atoms with Gasteiger partial charge in [0.15, 0.2) is 0 Å². The first-order valence-corrected chi connectivity index (χ1v) is 7.52. The van der Waals surface area contributed by atoms with Crippen LogP contribution in [0.25, 0.3) is 22.4 Å². The molecule has 2 aromatic heterocycles. The van der Waals surface area contributed by atoms with E-state index in [0.717, 1.165) is 46.9 Å². The third-order valence-corrected chi connectivity index (χ3v) is 3.95. The molecular weight excluding hydrogens is 291 g/mol. The van der Waals surface area contributed by atoms with Crippen molar-refractivity contribution in [2.75, 3.05) is 6.54 Å². The SMILES string of the molecule is Cc1cc(-c2c(-c3ccc(F)cc3)nn3c2C=NCC3)ccn1. The molecule has 0 bridgehead atoms. The van der Waals surface area contributed by atoms with E-state index >= 15 is 0 Å². The maximum atomic E-state index is 13.3. The van der Waals surface area contributed by atoms with Gasteiger partial charge in [-0.25, -0.2) is 4.39 Å². The quantitative estimate of drug-likeness (QED) is 0.727. The summed E-state index contributed by atoms with van der Waals surface area (Å²) in [6, 6.07) is 10.5. The molecule has 0 aliphatic carbocycles. The van der Waals surface area contributed by atoms with E-state index in [1.54, 1.807) is 18.3 Å². The van der Waals surface area contributed by atoms with Crippen molar-refractivity contribution in [3.05, 3.63) is 59.8 Å². The summed E-state index contributed by atoms with van der Waals surface area (Å²) in [5.41, 5.74) is 5.74. The highest BCUT2D eigenvalue weighted by atomic mass is 19.1. The highest BCUT2D eigenvalue weighted by molar-refractivity contribution is 5.95. The lowest BCUT2D eigenvalue weighted by Gasteiger charge is -2.09. The minimum absolute atomic E-state index is 0.249. The molecule has 0 saturated heterocycles. The summed E-state index contributed by atoms with van der Waals surface area (Å²) in [5.74, 6) is -0.249. The molecule has 1 aliphatic heterocycles. The Morgan fingerprint density at radius 3 is 2.70 bits per heavy atom. The Morgan fingerprint density at radius 2 is 1.91 bits per heavy atom. The van der Waals surface area contributed by atoms with E-state index in [-0.39, 0.29) is 5.82 Å². The Labute approximate surface area is 133 Å². The van der Waals surface area contributed by atoms with E-state index in [2.05, 4.69) is 9.98 Å². The number of fused-ring (bicyclic) bond motifs is 1. The number of benzene rings is 1. The molecule has 3 heterocycles. The molecule has 0 fully saturated rings. The average molecular weight is 306 g/mol. The van der Waals surface area contributed by atoms with E-state index in [1.807, 2.05) is 30.0 Å². The molecule has 5 heteroatoms. The summed E-state index contributed by atoms with van der Waals surface area (Å²) in [4.78, 5) is 8.65. The molecule has 0 radical (unpaired) electrons. The van der Waals surface area contributed by atoms with Crippen molar-refractivity contribution in [2.45, 2.75) is 13.5 Å². The van der Waals surface area contributed by atoms with Gasteiger partial charge in [-0.15, -0.1) is 0 Å². The van der Waals surface area contributed by atoms with E-state index < -0.39 is 0 Å². The number of aliphatic imine (C=N–C) groups is 1. The van der Waals surface area contributed by atoms with Crippen molar-refractivity contribution in [3.8, 4) is 22.4 Å². The predicted octanol–water partition coefficient (Wildman–Crippen LogP) is 3.49. The summed E-state index contributed by atoms with van der Waals surface area (Å²) in [5, 5.41) is 4.74. The molecule has 0 atom stereocenters. The van der Waals surface area contributed by atoms with Crippen LogP contribution in [-0.2, 0) is 6.54 Å². The number of pyridine rings is 1. The molecular formula is C18H15FN4.